The van der Waals surface area contributed by atoms with Gasteiger partial charge in [-0.05, 0) is 19.3 Å². The molecule has 1 aliphatic rings. The molecule has 0 aromatic heterocycles. The molecule has 0 atom stereocenters. The first kappa shape index (κ1) is 9.96. The molecule has 72 valence electrons. The zero-order chi connectivity index (χ0) is 8.81. The molecular weight excluding hydrogens is 154 g/mol. The Balaban J connectivity index is 1.77. The minimum absolute atomic E-state index is 0.381. The second-order valence-electron chi connectivity index (χ2n) is 3.34. The van der Waals surface area contributed by atoms with Crippen molar-refractivity contribution < 1.29 is 9.47 Å². The van der Waals surface area contributed by atoms with Gasteiger partial charge in [0.25, 0.3) is 0 Å². The van der Waals surface area contributed by atoms with Crippen molar-refractivity contribution in [2.75, 3.05) is 19.8 Å². The Morgan fingerprint density at radius 2 is 2.00 bits per heavy atom. The van der Waals surface area contributed by atoms with E-state index in [2.05, 4.69) is 6.92 Å². The first-order valence-electron chi connectivity index (χ1n) is 4.78. The molecule has 0 radical (unpaired) electrons. The van der Waals surface area contributed by atoms with Crippen LogP contribution in [-0.2, 0) is 9.47 Å². The predicted octanol–water partition coefficient (Wildman–Crippen LogP) is 0.919. The molecule has 1 rings (SSSR count). The zero-order valence-electron chi connectivity index (χ0n) is 7.79. The van der Waals surface area contributed by atoms with Gasteiger partial charge in [0, 0.05) is 12.6 Å². The van der Waals surface area contributed by atoms with Gasteiger partial charge < -0.3 is 15.2 Å². The lowest BCUT2D eigenvalue weighted by atomic mass is 9.90. The maximum Gasteiger partial charge on any atom is 0.0704 e. The highest BCUT2D eigenvalue weighted by Gasteiger charge is 2.25. The molecule has 0 unspecified atom stereocenters. The smallest absolute Gasteiger partial charge is 0.0704 e. The molecule has 1 fully saturated rings. The summed E-state index contributed by atoms with van der Waals surface area (Å²) in [5.41, 5.74) is 5.61. The van der Waals surface area contributed by atoms with E-state index in [0.717, 1.165) is 39.1 Å². The van der Waals surface area contributed by atoms with E-state index in [-0.39, 0.29) is 0 Å². The van der Waals surface area contributed by atoms with Crippen LogP contribution in [0.5, 0.6) is 0 Å². The highest BCUT2D eigenvalue weighted by Crippen LogP contribution is 2.20. The van der Waals surface area contributed by atoms with Gasteiger partial charge in [0.1, 0.15) is 0 Å². The summed E-state index contributed by atoms with van der Waals surface area (Å²) in [5.74, 6) is 0. The maximum absolute atomic E-state index is 5.61. The molecule has 0 aliphatic heterocycles. The fourth-order valence-electron chi connectivity index (χ4n) is 1.26. The fraction of sp³-hybridized carbons (Fsp3) is 1.00. The average Bonchev–Trinajstić information content (AvgIpc) is 2.00. The summed E-state index contributed by atoms with van der Waals surface area (Å²) in [6.07, 6.45) is 3.53. The topological polar surface area (TPSA) is 44.5 Å². The van der Waals surface area contributed by atoms with E-state index in [4.69, 9.17) is 15.2 Å². The third kappa shape index (κ3) is 3.52. The van der Waals surface area contributed by atoms with Crippen molar-refractivity contribution in [1.82, 2.24) is 0 Å². The van der Waals surface area contributed by atoms with Crippen LogP contribution < -0.4 is 5.73 Å². The van der Waals surface area contributed by atoms with Crippen molar-refractivity contribution in [3.63, 3.8) is 0 Å². The first-order chi connectivity index (χ1) is 5.83. The number of hydrogen-bond acceptors (Lipinski definition) is 3. The van der Waals surface area contributed by atoms with Crippen molar-refractivity contribution in [2.45, 2.75) is 38.3 Å². The number of hydrogen-bond donors (Lipinski definition) is 1. The standard InChI is InChI=1S/C9H19NO2/c1-2-3-11-4-5-12-9-6-8(10)7-9/h8-9H,2-7,10H2,1H3. The second-order valence-corrected chi connectivity index (χ2v) is 3.34. The zero-order valence-corrected chi connectivity index (χ0v) is 7.79. The van der Waals surface area contributed by atoms with Crippen LogP contribution in [0, 0.1) is 0 Å². The maximum atomic E-state index is 5.61. The lowest BCUT2D eigenvalue weighted by molar-refractivity contribution is -0.0360. The van der Waals surface area contributed by atoms with Crippen molar-refractivity contribution in [3.05, 3.63) is 0 Å². The van der Waals surface area contributed by atoms with E-state index in [0.29, 0.717) is 12.1 Å². The number of ether oxygens (including phenoxy) is 2. The van der Waals surface area contributed by atoms with E-state index in [1.807, 2.05) is 0 Å². The van der Waals surface area contributed by atoms with Crippen LogP contribution in [0.2, 0.25) is 0 Å². The first-order valence-corrected chi connectivity index (χ1v) is 4.78. The molecule has 3 heteroatoms. The predicted molar refractivity (Wildman–Crippen MR) is 48.1 cm³/mol. The summed E-state index contributed by atoms with van der Waals surface area (Å²) in [5, 5.41) is 0. The molecule has 3 nitrogen and oxygen atoms in total. The third-order valence-electron chi connectivity index (χ3n) is 2.06. The number of rotatable bonds is 6. The lowest BCUT2D eigenvalue weighted by Gasteiger charge is -2.32. The summed E-state index contributed by atoms with van der Waals surface area (Å²) >= 11 is 0. The molecule has 12 heavy (non-hydrogen) atoms. The van der Waals surface area contributed by atoms with Gasteiger partial charge in [-0.3, -0.25) is 0 Å². The molecule has 0 saturated heterocycles. The van der Waals surface area contributed by atoms with E-state index in [9.17, 15) is 0 Å². The quantitative estimate of drug-likeness (QED) is 0.607. The molecule has 1 aliphatic carbocycles. The summed E-state index contributed by atoms with van der Waals surface area (Å²) in [7, 11) is 0. The Bertz CT molecular complexity index is 113. The van der Waals surface area contributed by atoms with Gasteiger partial charge in [-0.15, -0.1) is 0 Å². The molecule has 0 aromatic rings. The summed E-state index contributed by atoms with van der Waals surface area (Å²) in [6, 6.07) is 0.381. The SMILES string of the molecule is CCCOCCOC1CC(N)C1. The van der Waals surface area contributed by atoms with Crippen LogP contribution in [0.15, 0.2) is 0 Å². The Labute approximate surface area is 74.2 Å². The second kappa shape index (κ2) is 5.51. The summed E-state index contributed by atoms with van der Waals surface area (Å²) in [6.45, 7) is 4.39. The van der Waals surface area contributed by atoms with Crippen molar-refractivity contribution in [3.8, 4) is 0 Å². The van der Waals surface area contributed by atoms with Crippen LogP contribution in [0.3, 0.4) is 0 Å². The van der Waals surface area contributed by atoms with Crippen molar-refractivity contribution in [1.29, 1.82) is 0 Å². The normalized spacial score (nSPS) is 28.5. The van der Waals surface area contributed by atoms with Gasteiger partial charge in [-0.2, -0.15) is 0 Å². The van der Waals surface area contributed by atoms with Crippen LogP contribution in [0.1, 0.15) is 26.2 Å². The van der Waals surface area contributed by atoms with E-state index in [1.54, 1.807) is 0 Å². The Morgan fingerprint density at radius 3 is 2.58 bits per heavy atom. The molecule has 0 aromatic carbocycles. The average molecular weight is 173 g/mol. The van der Waals surface area contributed by atoms with Crippen LogP contribution in [0.4, 0.5) is 0 Å². The minimum atomic E-state index is 0.381. The van der Waals surface area contributed by atoms with E-state index in [1.165, 1.54) is 0 Å². The molecule has 0 amide bonds. The molecular formula is C9H19NO2. The van der Waals surface area contributed by atoms with Gasteiger partial charge >= 0.3 is 0 Å². The summed E-state index contributed by atoms with van der Waals surface area (Å²) in [4.78, 5) is 0. The van der Waals surface area contributed by atoms with E-state index >= 15 is 0 Å². The Hall–Kier alpha value is -0.120. The lowest BCUT2D eigenvalue weighted by Crippen LogP contribution is -2.42. The largest absolute Gasteiger partial charge is 0.379 e. The minimum Gasteiger partial charge on any atom is -0.379 e. The van der Waals surface area contributed by atoms with Crippen molar-refractivity contribution >= 4 is 0 Å². The van der Waals surface area contributed by atoms with Crippen LogP contribution >= 0.6 is 0 Å². The van der Waals surface area contributed by atoms with Crippen LogP contribution in [0.25, 0.3) is 0 Å². The van der Waals surface area contributed by atoms with Gasteiger partial charge in [0.05, 0.1) is 19.3 Å². The van der Waals surface area contributed by atoms with Gasteiger partial charge in [0.2, 0.25) is 0 Å². The fourth-order valence-corrected chi connectivity index (χ4v) is 1.26. The Kier molecular flexibility index (Phi) is 4.58. The summed E-state index contributed by atoms with van der Waals surface area (Å²) < 4.78 is 10.8. The van der Waals surface area contributed by atoms with Gasteiger partial charge in [-0.1, -0.05) is 6.92 Å². The van der Waals surface area contributed by atoms with Crippen molar-refractivity contribution in [2.24, 2.45) is 5.73 Å². The van der Waals surface area contributed by atoms with Gasteiger partial charge in [-0.25, -0.2) is 0 Å². The van der Waals surface area contributed by atoms with Gasteiger partial charge in [0.15, 0.2) is 0 Å². The highest BCUT2D eigenvalue weighted by atomic mass is 16.5. The monoisotopic (exact) mass is 173 g/mol. The number of nitrogens with two attached hydrogens (primary N) is 1. The van der Waals surface area contributed by atoms with E-state index < -0.39 is 0 Å². The Morgan fingerprint density at radius 1 is 1.25 bits per heavy atom. The van der Waals surface area contributed by atoms with Crippen LogP contribution in [-0.4, -0.2) is 32.0 Å². The molecule has 0 spiro atoms. The molecule has 1 saturated carbocycles. The molecule has 0 heterocycles. The molecule has 0 bridgehead atoms. The third-order valence-corrected chi connectivity index (χ3v) is 2.06. The highest BCUT2D eigenvalue weighted by molar-refractivity contribution is 4.82. The molecule has 2 N–H and O–H groups in total.